The minimum atomic E-state index is -0.253. The minimum absolute atomic E-state index is 0.0780. The number of allylic oxidation sites excluding steroid dienone is 2. The van der Waals surface area contributed by atoms with Crippen molar-refractivity contribution >= 4 is 16.6 Å². The molecule has 1 aromatic heterocycles. The van der Waals surface area contributed by atoms with E-state index in [0.717, 1.165) is 11.1 Å². The molecule has 2 rings (SSSR count). The maximum absolute atomic E-state index is 9.05. The Morgan fingerprint density at radius 1 is 1.05 bits per heavy atom. The van der Waals surface area contributed by atoms with E-state index >= 15 is 0 Å². The number of para-hydroxylation sites is 1. The van der Waals surface area contributed by atoms with Crippen molar-refractivity contribution in [1.82, 2.24) is 4.98 Å². The molecule has 0 aliphatic carbocycles. The highest BCUT2D eigenvalue weighted by atomic mass is 14.9. The van der Waals surface area contributed by atoms with Crippen molar-refractivity contribution in [2.24, 2.45) is 0 Å². The molecular weight excluding hydrogens is 250 g/mol. The van der Waals surface area contributed by atoms with E-state index in [-0.39, 0.29) is 11.3 Å². The van der Waals surface area contributed by atoms with E-state index in [0.29, 0.717) is 11.2 Å². The van der Waals surface area contributed by atoms with Gasteiger partial charge in [0, 0.05) is 11.1 Å². The summed E-state index contributed by atoms with van der Waals surface area (Å²) in [6.07, 6.45) is 0. The Morgan fingerprint density at radius 2 is 1.80 bits per heavy atom. The van der Waals surface area contributed by atoms with Crippen molar-refractivity contribution < 1.29 is 0 Å². The van der Waals surface area contributed by atoms with E-state index in [4.69, 9.17) is 15.8 Å². The molecule has 0 saturated heterocycles. The average molecular weight is 259 g/mol. The zero-order chi connectivity index (χ0) is 14.5. The summed E-state index contributed by atoms with van der Waals surface area (Å²) < 4.78 is 0. The highest BCUT2D eigenvalue weighted by molar-refractivity contribution is 5.91. The lowest BCUT2D eigenvalue weighted by molar-refractivity contribution is 1.25. The minimum Gasteiger partial charge on any atom is -0.343 e. The third-order valence-electron chi connectivity index (χ3n) is 2.70. The Kier molecular flexibility index (Phi) is 3.61. The Labute approximate surface area is 116 Å². The molecule has 0 fully saturated rings. The van der Waals surface area contributed by atoms with Gasteiger partial charge in [-0.3, -0.25) is 4.98 Å². The van der Waals surface area contributed by atoms with Crippen LogP contribution < -0.4 is 5.32 Å². The molecular formula is C15H9N5. The number of benzene rings is 1. The monoisotopic (exact) mass is 259 g/mol. The average Bonchev–Trinajstić information content (AvgIpc) is 2.47. The van der Waals surface area contributed by atoms with Gasteiger partial charge in [-0.2, -0.15) is 15.8 Å². The summed E-state index contributed by atoms with van der Waals surface area (Å²) in [5, 5.41) is 30.4. The zero-order valence-electron chi connectivity index (χ0n) is 10.7. The third-order valence-corrected chi connectivity index (χ3v) is 2.70. The number of aromatic nitrogens is 1. The predicted octanol–water partition coefficient (Wildman–Crippen LogP) is 2.78. The lowest BCUT2D eigenvalue weighted by atomic mass is 10.1. The SMILES string of the molecule is Cc1ccc2cccc(NC(C#N)=C(C#N)C#N)c2n1. The largest absolute Gasteiger partial charge is 0.343 e. The summed E-state index contributed by atoms with van der Waals surface area (Å²) in [7, 11) is 0. The van der Waals surface area contributed by atoms with Gasteiger partial charge in [0.25, 0.3) is 0 Å². The van der Waals surface area contributed by atoms with Crippen molar-refractivity contribution in [3.05, 3.63) is 47.3 Å². The topological polar surface area (TPSA) is 96.3 Å². The van der Waals surface area contributed by atoms with E-state index in [1.807, 2.05) is 37.3 Å². The van der Waals surface area contributed by atoms with Crippen molar-refractivity contribution in [1.29, 1.82) is 15.8 Å². The number of hydrogen-bond acceptors (Lipinski definition) is 5. The van der Waals surface area contributed by atoms with Crippen LogP contribution in [0.25, 0.3) is 10.9 Å². The molecule has 0 spiro atoms. The number of hydrogen-bond donors (Lipinski definition) is 1. The van der Waals surface area contributed by atoms with Gasteiger partial charge in [0.1, 0.15) is 23.9 Å². The number of anilines is 1. The Balaban J connectivity index is 2.59. The van der Waals surface area contributed by atoms with Crippen LogP contribution in [0, 0.1) is 40.9 Å². The van der Waals surface area contributed by atoms with Gasteiger partial charge in [-0.15, -0.1) is 0 Å². The maximum atomic E-state index is 9.05. The molecule has 94 valence electrons. The zero-order valence-corrected chi connectivity index (χ0v) is 10.7. The van der Waals surface area contributed by atoms with E-state index in [1.165, 1.54) is 0 Å². The van der Waals surface area contributed by atoms with Gasteiger partial charge in [-0.1, -0.05) is 18.2 Å². The molecule has 1 heterocycles. The van der Waals surface area contributed by atoms with E-state index in [2.05, 4.69) is 10.3 Å². The molecule has 1 N–H and O–H groups in total. The summed E-state index contributed by atoms with van der Waals surface area (Å²) in [4.78, 5) is 4.41. The van der Waals surface area contributed by atoms with Gasteiger partial charge in [-0.25, -0.2) is 0 Å². The predicted molar refractivity (Wildman–Crippen MR) is 74.0 cm³/mol. The number of nitriles is 3. The van der Waals surface area contributed by atoms with E-state index < -0.39 is 0 Å². The molecule has 0 aliphatic rings. The second-order valence-corrected chi connectivity index (χ2v) is 4.04. The van der Waals surface area contributed by atoms with Crippen LogP contribution in [0.2, 0.25) is 0 Å². The summed E-state index contributed by atoms with van der Waals surface area (Å²) in [6.45, 7) is 1.87. The van der Waals surface area contributed by atoms with E-state index in [1.54, 1.807) is 18.2 Å². The molecule has 0 unspecified atom stereocenters. The van der Waals surface area contributed by atoms with Gasteiger partial charge in [0.05, 0.1) is 11.2 Å². The molecule has 5 nitrogen and oxygen atoms in total. The molecule has 5 heteroatoms. The molecule has 0 radical (unpaired) electrons. The van der Waals surface area contributed by atoms with Crippen LogP contribution in [0.5, 0.6) is 0 Å². The van der Waals surface area contributed by atoms with Gasteiger partial charge in [-0.05, 0) is 19.1 Å². The maximum Gasteiger partial charge on any atom is 0.163 e. The van der Waals surface area contributed by atoms with Crippen LogP contribution in [0.4, 0.5) is 5.69 Å². The number of nitrogens with zero attached hydrogens (tertiary/aromatic N) is 4. The third kappa shape index (κ3) is 2.41. The van der Waals surface area contributed by atoms with Crippen LogP contribution in [-0.4, -0.2) is 4.98 Å². The summed E-state index contributed by atoms with van der Waals surface area (Å²) >= 11 is 0. The second-order valence-electron chi connectivity index (χ2n) is 4.04. The summed E-state index contributed by atoms with van der Waals surface area (Å²) in [6, 6.07) is 14.5. The fourth-order valence-corrected chi connectivity index (χ4v) is 1.76. The van der Waals surface area contributed by atoms with Gasteiger partial charge in [0.15, 0.2) is 5.57 Å². The second kappa shape index (κ2) is 5.52. The quantitative estimate of drug-likeness (QED) is 0.836. The fraction of sp³-hybridized carbons (Fsp3) is 0.0667. The van der Waals surface area contributed by atoms with Crippen LogP contribution >= 0.6 is 0 Å². The highest BCUT2D eigenvalue weighted by Crippen LogP contribution is 2.23. The number of rotatable bonds is 2. The van der Waals surface area contributed by atoms with Crippen LogP contribution in [-0.2, 0) is 0 Å². The standard InChI is InChI=1S/C15H9N5/c1-10-5-6-11-3-2-4-13(15(11)19-10)20-14(9-18)12(7-16)8-17/h2-6,20H,1H3. The smallest absolute Gasteiger partial charge is 0.163 e. The van der Waals surface area contributed by atoms with Crippen molar-refractivity contribution in [2.75, 3.05) is 5.32 Å². The van der Waals surface area contributed by atoms with Crippen molar-refractivity contribution in [3.8, 4) is 18.2 Å². The molecule has 0 saturated carbocycles. The van der Waals surface area contributed by atoms with Gasteiger partial charge >= 0.3 is 0 Å². The Bertz CT molecular complexity index is 812. The number of fused-ring (bicyclic) bond motifs is 1. The normalized spacial score (nSPS) is 9.10. The first-order valence-electron chi connectivity index (χ1n) is 5.77. The summed E-state index contributed by atoms with van der Waals surface area (Å²) in [5.74, 6) is 0. The van der Waals surface area contributed by atoms with Crippen LogP contribution in [0.3, 0.4) is 0 Å². The van der Waals surface area contributed by atoms with Crippen LogP contribution in [0.15, 0.2) is 41.6 Å². The van der Waals surface area contributed by atoms with Crippen LogP contribution in [0.1, 0.15) is 5.69 Å². The van der Waals surface area contributed by atoms with E-state index in [9.17, 15) is 0 Å². The Morgan fingerprint density at radius 3 is 2.45 bits per heavy atom. The first-order chi connectivity index (χ1) is 9.69. The lowest BCUT2D eigenvalue weighted by Crippen LogP contribution is -2.02. The summed E-state index contributed by atoms with van der Waals surface area (Å²) in [5.41, 5.74) is 1.79. The Hall–Kier alpha value is -3.36. The first-order valence-corrected chi connectivity index (χ1v) is 5.77. The van der Waals surface area contributed by atoms with Gasteiger partial charge < -0.3 is 5.32 Å². The molecule has 0 aliphatic heterocycles. The number of nitrogens with one attached hydrogen (secondary N) is 1. The first kappa shape index (κ1) is 13.1. The molecule has 20 heavy (non-hydrogen) atoms. The molecule has 0 atom stereocenters. The fourth-order valence-electron chi connectivity index (χ4n) is 1.76. The number of pyridine rings is 1. The van der Waals surface area contributed by atoms with Crippen molar-refractivity contribution in [3.63, 3.8) is 0 Å². The van der Waals surface area contributed by atoms with Crippen molar-refractivity contribution in [2.45, 2.75) is 6.92 Å². The number of aryl methyl sites for hydroxylation is 1. The molecule has 0 amide bonds. The molecule has 2 aromatic rings. The molecule has 1 aromatic carbocycles. The van der Waals surface area contributed by atoms with Gasteiger partial charge in [0.2, 0.25) is 0 Å². The lowest BCUT2D eigenvalue weighted by Gasteiger charge is -2.08. The molecule has 0 bridgehead atoms. The highest BCUT2D eigenvalue weighted by Gasteiger charge is 2.09.